The van der Waals surface area contributed by atoms with Crippen LogP contribution in [0, 0.1) is 0 Å². The van der Waals surface area contributed by atoms with Gasteiger partial charge in [-0.2, -0.15) is 0 Å². The number of rotatable bonds is 6. The molecule has 27 heavy (non-hydrogen) atoms. The molecule has 0 aliphatic carbocycles. The van der Waals surface area contributed by atoms with E-state index in [9.17, 15) is 9.36 Å². The first-order valence-electron chi connectivity index (χ1n) is 9.24. The van der Waals surface area contributed by atoms with Gasteiger partial charge in [0.25, 0.3) is 5.91 Å². The smallest absolute Gasteiger partial charge is 0.252 e. The van der Waals surface area contributed by atoms with Gasteiger partial charge in [0.1, 0.15) is 0 Å². The molecular formula is C23H24NO2P. The number of benzene rings is 3. The summed E-state index contributed by atoms with van der Waals surface area (Å²) in [6.07, 6.45) is 0.812. The van der Waals surface area contributed by atoms with Gasteiger partial charge in [-0.3, -0.25) is 4.79 Å². The van der Waals surface area contributed by atoms with E-state index in [0.717, 1.165) is 22.6 Å². The fourth-order valence-corrected chi connectivity index (χ4v) is 6.11. The van der Waals surface area contributed by atoms with Gasteiger partial charge in [-0.25, -0.2) is 0 Å². The third-order valence-electron chi connectivity index (χ3n) is 4.63. The molecule has 0 heterocycles. The fourth-order valence-electron chi connectivity index (χ4n) is 3.21. The molecule has 0 saturated carbocycles. The van der Waals surface area contributed by atoms with E-state index in [1.807, 2.05) is 79.7 Å². The zero-order valence-corrected chi connectivity index (χ0v) is 16.6. The minimum atomic E-state index is -3.19. The van der Waals surface area contributed by atoms with Gasteiger partial charge >= 0.3 is 0 Å². The number of hydrogen-bond acceptors (Lipinski definition) is 2. The first-order chi connectivity index (χ1) is 13.1. The maximum absolute atomic E-state index is 14.6. The van der Waals surface area contributed by atoms with Crippen LogP contribution >= 0.6 is 7.14 Å². The quantitative estimate of drug-likeness (QED) is 0.667. The predicted molar refractivity (Wildman–Crippen MR) is 113 cm³/mol. The Labute approximate surface area is 160 Å². The van der Waals surface area contributed by atoms with E-state index in [0.29, 0.717) is 17.4 Å². The molecule has 0 saturated heterocycles. The monoisotopic (exact) mass is 377 g/mol. The highest BCUT2D eigenvalue weighted by Gasteiger charge is 2.33. The van der Waals surface area contributed by atoms with E-state index in [1.165, 1.54) is 0 Å². The van der Waals surface area contributed by atoms with Crippen molar-refractivity contribution in [1.29, 1.82) is 0 Å². The second kappa shape index (κ2) is 8.37. The van der Waals surface area contributed by atoms with Crippen molar-refractivity contribution in [1.82, 2.24) is 5.32 Å². The molecule has 1 N–H and O–H groups in total. The minimum absolute atomic E-state index is 0.192. The summed E-state index contributed by atoms with van der Waals surface area (Å²) in [4.78, 5) is 12.7. The van der Waals surface area contributed by atoms with Crippen LogP contribution in [0.3, 0.4) is 0 Å². The van der Waals surface area contributed by atoms with E-state index in [1.54, 1.807) is 6.07 Å². The zero-order valence-electron chi connectivity index (χ0n) is 15.7. The lowest BCUT2D eigenvalue weighted by Crippen LogP contribution is -2.33. The molecule has 3 aromatic carbocycles. The predicted octanol–water partition coefficient (Wildman–Crippen LogP) is 3.64. The van der Waals surface area contributed by atoms with E-state index < -0.39 is 7.14 Å². The molecule has 0 fully saturated rings. The van der Waals surface area contributed by atoms with Gasteiger partial charge in [0.05, 0.1) is 5.56 Å². The van der Waals surface area contributed by atoms with Crippen LogP contribution in [0.1, 0.15) is 29.8 Å². The van der Waals surface area contributed by atoms with Crippen molar-refractivity contribution in [2.24, 2.45) is 0 Å². The topological polar surface area (TPSA) is 46.2 Å². The molecule has 0 unspecified atom stereocenters. The molecule has 3 rings (SSSR count). The number of amides is 1. The SMILES string of the molecule is CCNC(=O)c1ccc(CC)cc1P(=O)(c1ccccc1)c1ccccc1. The molecule has 0 radical (unpaired) electrons. The largest absolute Gasteiger partial charge is 0.352 e. The molecular weight excluding hydrogens is 353 g/mol. The summed E-state index contributed by atoms with van der Waals surface area (Å²) in [5.41, 5.74) is 1.54. The zero-order chi connectivity index (χ0) is 19.3. The number of hydrogen-bond donors (Lipinski definition) is 1. The Morgan fingerprint density at radius 1 is 0.852 bits per heavy atom. The van der Waals surface area contributed by atoms with Gasteiger partial charge in [0, 0.05) is 22.5 Å². The summed E-state index contributed by atoms with van der Waals surface area (Å²) in [6.45, 7) is 4.46. The van der Waals surface area contributed by atoms with Crippen LogP contribution in [0.2, 0.25) is 0 Å². The number of aryl methyl sites for hydroxylation is 1. The lowest BCUT2D eigenvalue weighted by molar-refractivity contribution is 0.0957. The molecule has 0 aliphatic rings. The Bertz CT molecular complexity index is 925. The number of carbonyl (C=O) groups is 1. The second-order valence-electron chi connectivity index (χ2n) is 6.34. The summed E-state index contributed by atoms with van der Waals surface area (Å²) < 4.78 is 14.6. The van der Waals surface area contributed by atoms with Crippen LogP contribution in [0.4, 0.5) is 0 Å². The number of carbonyl (C=O) groups excluding carboxylic acids is 1. The van der Waals surface area contributed by atoms with Crippen molar-refractivity contribution in [2.75, 3.05) is 6.54 Å². The van der Waals surface area contributed by atoms with Crippen molar-refractivity contribution in [3.8, 4) is 0 Å². The van der Waals surface area contributed by atoms with Crippen LogP contribution in [-0.4, -0.2) is 12.5 Å². The van der Waals surface area contributed by atoms with Gasteiger partial charge in [0.15, 0.2) is 7.14 Å². The molecule has 3 aromatic rings. The molecule has 3 nitrogen and oxygen atoms in total. The average Bonchev–Trinajstić information content (AvgIpc) is 2.74. The summed E-state index contributed by atoms with van der Waals surface area (Å²) >= 11 is 0. The Balaban J connectivity index is 2.34. The van der Waals surface area contributed by atoms with Crippen molar-refractivity contribution < 1.29 is 9.36 Å². The summed E-state index contributed by atoms with van der Waals surface area (Å²) in [6, 6.07) is 24.6. The Kier molecular flexibility index (Phi) is 5.93. The summed E-state index contributed by atoms with van der Waals surface area (Å²) in [7, 11) is -3.19. The van der Waals surface area contributed by atoms with Crippen LogP contribution in [0.25, 0.3) is 0 Å². The van der Waals surface area contributed by atoms with Crippen molar-refractivity contribution in [2.45, 2.75) is 20.3 Å². The lowest BCUT2D eigenvalue weighted by atomic mass is 10.1. The highest BCUT2D eigenvalue weighted by Crippen LogP contribution is 2.43. The molecule has 0 spiro atoms. The van der Waals surface area contributed by atoms with Gasteiger partial charge in [0.2, 0.25) is 0 Å². The molecule has 1 amide bonds. The van der Waals surface area contributed by atoms with E-state index in [2.05, 4.69) is 12.2 Å². The fraction of sp³-hybridized carbons (Fsp3) is 0.174. The van der Waals surface area contributed by atoms with Crippen LogP contribution in [0.15, 0.2) is 78.9 Å². The van der Waals surface area contributed by atoms with Crippen molar-refractivity contribution in [3.63, 3.8) is 0 Å². The highest BCUT2D eigenvalue weighted by molar-refractivity contribution is 7.85. The molecule has 138 valence electrons. The molecule has 0 atom stereocenters. The lowest BCUT2D eigenvalue weighted by Gasteiger charge is -2.23. The molecule has 0 aromatic heterocycles. The van der Waals surface area contributed by atoms with Gasteiger partial charge in [-0.15, -0.1) is 0 Å². The maximum atomic E-state index is 14.6. The summed E-state index contributed by atoms with van der Waals surface area (Å²) in [5.74, 6) is -0.192. The molecule has 0 aliphatic heterocycles. The van der Waals surface area contributed by atoms with Gasteiger partial charge in [-0.1, -0.05) is 73.7 Å². The third kappa shape index (κ3) is 3.74. The van der Waals surface area contributed by atoms with E-state index in [-0.39, 0.29) is 5.91 Å². The maximum Gasteiger partial charge on any atom is 0.252 e. The van der Waals surface area contributed by atoms with Crippen LogP contribution in [-0.2, 0) is 11.0 Å². The first kappa shape index (κ1) is 19.1. The average molecular weight is 377 g/mol. The normalized spacial score (nSPS) is 11.2. The van der Waals surface area contributed by atoms with Crippen LogP contribution in [0.5, 0.6) is 0 Å². The third-order valence-corrected chi connectivity index (χ3v) is 7.73. The summed E-state index contributed by atoms with van der Waals surface area (Å²) in [5, 5.41) is 4.92. The second-order valence-corrected chi connectivity index (χ2v) is 9.08. The Morgan fingerprint density at radius 2 is 1.41 bits per heavy atom. The Morgan fingerprint density at radius 3 is 1.89 bits per heavy atom. The molecule has 4 heteroatoms. The standard InChI is InChI=1S/C23H24NO2P/c1-3-18-15-16-21(23(25)24-4-2)22(17-18)27(26,19-11-7-5-8-12-19)20-13-9-6-10-14-20/h5-17H,3-4H2,1-2H3,(H,24,25). The van der Waals surface area contributed by atoms with Crippen molar-refractivity contribution >= 4 is 29.0 Å². The van der Waals surface area contributed by atoms with Crippen molar-refractivity contribution in [3.05, 3.63) is 90.0 Å². The first-order valence-corrected chi connectivity index (χ1v) is 10.9. The molecule has 0 bridgehead atoms. The number of nitrogens with one attached hydrogen (secondary N) is 1. The van der Waals surface area contributed by atoms with Gasteiger partial charge in [-0.05, 0) is 31.0 Å². The van der Waals surface area contributed by atoms with Gasteiger partial charge < -0.3 is 9.88 Å². The highest BCUT2D eigenvalue weighted by atomic mass is 31.2. The Hall–Kier alpha value is -2.64. The van der Waals surface area contributed by atoms with Crippen LogP contribution < -0.4 is 21.2 Å². The minimum Gasteiger partial charge on any atom is -0.352 e. The van der Waals surface area contributed by atoms with E-state index >= 15 is 0 Å². The van der Waals surface area contributed by atoms with E-state index in [4.69, 9.17) is 0 Å².